The minimum absolute atomic E-state index is 8.29. The van der Waals surface area contributed by atoms with Gasteiger partial charge in [0.2, 0.25) is 0 Å². The highest BCUT2D eigenvalue weighted by Crippen LogP contribution is 2.83. The van der Waals surface area contributed by atoms with Gasteiger partial charge in [-0.15, -0.1) is 0 Å². The fraction of sp³-hybridized carbons (Fsp3) is 0.923. The Bertz CT molecular complexity index is 652. The molecule has 0 aliphatic carbocycles. The first-order chi connectivity index (χ1) is 16.6. The Labute approximate surface area is 198 Å². The van der Waals surface area contributed by atoms with Gasteiger partial charge in [0.25, 0.3) is 16.2 Å². The molecule has 0 nitrogen and oxygen atoms in total. The van der Waals surface area contributed by atoms with E-state index in [1.807, 2.05) is 0 Å². The zero-order valence-electron chi connectivity index (χ0n) is 16.7. The molecule has 0 saturated heterocycles. The molecule has 0 bridgehead atoms. The SMILES string of the molecule is FC(F)(F)C([C](C(C(F)(F)F)(C(F)(F)F)C(F)(F)F)C(C(F)(F)F)(C(F)(F)F)C(F)(F)F)(C(F)(F)F)C(F)(F)F. The van der Waals surface area contributed by atoms with Crippen molar-refractivity contribution in [3.63, 3.8) is 0 Å². The molecule has 0 aromatic heterocycles. The molecule has 0 unspecified atom stereocenters. The standard InChI is InChI=1S/C13F27/c14-5(15,16)2(6(17,18)19,7(20,21)22)1(3(8(23,24)25,9(26,27)28)10(29,30)31)4(11(32,33)34,12(35,36)37)13(38,39)40. The molecule has 0 aromatic rings. The van der Waals surface area contributed by atoms with Crippen molar-refractivity contribution in [2.75, 3.05) is 0 Å². The lowest BCUT2D eigenvalue weighted by molar-refractivity contribution is -0.508. The zero-order valence-corrected chi connectivity index (χ0v) is 16.7. The molecule has 40 heavy (non-hydrogen) atoms. The predicted octanol–water partition coefficient (Wildman–Crippen LogP) is 9.58. The maximum Gasteiger partial charge on any atom is 0.412 e. The molecule has 1 radical (unpaired) electrons. The minimum Gasteiger partial charge on any atom is -0.170 e. The van der Waals surface area contributed by atoms with E-state index < -0.39 is 77.7 Å². The van der Waals surface area contributed by atoms with Gasteiger partial charge in [-0.25, -0.2) is 0 Å². The van der Waals surface area contributed by atoms with Gasteiger partial charge in [-0.3, -0.25) is 0 Å². The zero-order chi connectivity index (χ0) is 33.6. The van der Waals surface area contributed by atoms with Gasteiger partial charge < -0.3 is 0 Å². The third-order valence-electron chi connectivity index (χ3n) is 4.95. The summed E-state index contributed by atoms with van der Waals surface area (Å²) in [6, 6.07) is 0. The Morgan fingerprint density at radius 2 is 0.250 bits per heavy atom. The molecule has 0 aliphatic heterocycles. The van der Waals surface area contributed by atoms with Crippen LogP contribution in [0.2, 0.25) is 0 Å². The van der Waals surface area contributed by atoms with Gasteiger partial charge in [0.05, 0.1) is 5.92 Å². The first-order valence-corrected chi connectivity index (χ1v) is 8.10. The van der Waals surface area contributed by atoms with Crippen molar-refractivity contribution >= 4 is 0 Å². The number of hydrogen-bond acceptors (Lipinski definition) is 0. The largest absolute Gasteiger partial charge is 0.412 e. The van der Waals surface area contributed by atoms with E-state index in [1.165, 1.54) is 0 Å². The van der Waals surface area contributed by atoms with E-state index >= 15 is 0 Å². The number of hydrogen-bond donors (Lipinski definition) is 0. The molecule has 0 aliphatic rings. The van der Waals surface area contributed by atoms with Gasteiger partial charge >= 0.3 is 55.6 Å². The Hall–Kier alpha value is -1.89. The second-order valence-corrected chi connectivity index (χ2v) is 7.10. The Kier molecular flexibility index (Phi) is 8.63. The molecule has 0 fully saturated rings. The Morgan fingerprint density at radius 3 is 0.300 bits per heavy atom. The van der Waals surface area contributed by atoms with E-state index in [1.54, 1.807) is 0 Å². The lowest BCUT2D eigenvalue weighted by Gasteiger charge is -2.58. The van der Waals surface area contributed by atoms with Crippen LogP contribution in [0, 0.1) is 22.2 Å². The summed E-state index contributed by atoms with van der Waals surface area (Å²) in [5.41, 5.74) is -31.4. The van der Waals surface area contributed by atoms with E-state index in [-0.39, 0.29) is 0 Å². The summed E-state index contributed by atoms with van der Waals surface area (Å²) in [5, 5.41) is 0. The van der Waals surface area contributed by atoms with E-state index in [9.17, 15) is 119 Å². The van der Waals surface area contributed by atoms with Crippen molar-refractivity contribution in [1.29, 1.82) is 0 Å². The molecule has 241 valence electrons. The van der Waals surface area contributed by atoms with Crippen molar-refractivity contribution in [2.45, 2.75) is 55.6 Å². The smallest absolute Gasteiger partial charge is 0.170 e. The highest BCUT2D eigenvalue weighted by atomic mass is 19.5. The van der Waals surface area contributed by atoms with Crippen LogP contribution in [0.5, 0.6) is 0 Å². The van der Waals surface area contributed by atoms with Crippen LogP contribution in [-0.4, -0.2) is 55.6 Å². The monoisotopic (exact) mass is 669 g/mol. The summed E-state index contributed by atoms with van der Waals surface area (Å²) in [6.07, 6.45) is -87.9. The summed E-state index contributed by atoms with van der Waals surface area (Å²) in [6.45, 7) is 0. The lowest BCUT2D eigenvalue weighted by Crippen LogP contribution is -2.81. The third-order valence-corrected chi connectivity index (χ3v) is 4.95. The topological polar surface area (TPSA) is 0 Å². The van der Waals surface area contributed by atoms with Crippen LogP contribution in [0.25, 0.3) is 0 Å². The molecular weight excluding hydrogens is 669 g/mol. The molecule has 0 rings (SSSR count). The summed E-state index contributed by atoms with van der Waals surface area (Å²) in [4.78, 5) is 0. The van der Waals surface area contributed by atoms with E-state index in [2.05, 4.69) is 0 Å². The molecule has 0 amide bonds. The summed E-state index contributed by atoms with van der Waals surface area (Å²) >= 11 is 0. The van der Waals surface area contributed by atoms with Gasteiger partial charge in [-0.05, 0) is 0 Å². The quantitative estimate of drug-likeness (QED) is 0.263. The average molecular weight is 669 g/mol. The molecule has 0 atom stereocenters. The van der Waals surface area contributed by atoms with Gasteiger partial charge in [0.15, 0.2) is 0 Å². The molecule has 0 spiro atoms. The van der Waals surface area contributed by atoms with Crippen molar-refractivity contribution in [3.05, 3.63) is 5.92 Å². The third kappa shape index (κ3) is 4.72. The predicted molar refractivity (Wildman–Crippen MR) is 65.0 cm³/mol. The molecule has 0 N–H and O–H groups in total. The fourth-order valence-electron chi connectivity index (χ4n) is 3.57. The van der Waals surface area contributed by atoms with Crippen LogP contribution in [0.4, 0.5) is 119 Å². The summed E-state index contributed by atoms with van der Waals surface area (Å²) in [5.74, 6) is -8.29. The molecule has 27 heteroatoms. The second kappa shape index (κ2) is 9.05. The van der Waals surface area contributed by atoms with Gasteiger partial charge in [-0.1, -0.05) is 0 Å². The second-order valence-electron chi connectivity index (χ2n) is 7.10. The van der Waals surface area contributed by atoms with Crippen molar-refractivity contribution in [1.82, 2.24) is 0 Å². The van der Waals surface area contributed by atoms with E-state index in [0.29, 0.717) is 0 Å². The lowest BCUT2D eigenvalue weighted by atomic mass is 9.48. The summed E-state index contributed by atoms with van der Waals surface area (Å²) in [7, 11) is 0. The number of alkyl halides is 27. The van der Waals surface area contributed by atoms with Crippen LogP contribution in [-0.2, 0) is 0 Å². The van der Waals surface area contributed by atoms with Crippen molar-refractivity contribution in [2.24, 2.45) is 16.2 Å². The fourth-order valence-corrected chi connectivity index (χ4v) is 3.57. The maximum atomic E-state index is 13.3. The number of rotatable bonds is 3. The normalized spacial score (nSPS) is 17.1. The van der Waals surface area contributed by atoms with Crippen LogP contribution in [0.1, 0.15) is 0 Å². The average Bonchev–Trinajstić information content (AvgIpc) is 2.41. The van der Waals surface area contributed by atoms with Gasteiger partial charge in [0.1, 0.15) is 0 Å². The maximum absolute atomic E-state index is 13.3. The van der Waals surface area contributed by atoms with Crippen LogP contribution in [0.15, 0.2) is 0 Å². The first-order valence-electron chi connectivity index (χ1n) is 8.10. The van der Waals surface area contributed by atoms with Crippen molar-refractivity contribution < 1.29 is 119 Å². The van der Waals surface area contributed by atoms with Crippen molar-refractivity contribution in [3.8, 4) is 0 Å². The number of halogens is 27. The van der Waals surface area contributed by atoms with Crippen LogP contribution >= 0.6 is 0 Å². The Balaban J connectivity index is 10.1. The molecule has 0 heterocycles. The first kappa shape index (κ1) is 38.1. The van der Waals surface area contributed by atoms with Gasteiger partial charge in [-0.2, -0.15) is 119 Å². The Morgan fingerprint density at radius 1 is 0.175 bits per heavy atom. The molecular formula is C13F27. The molecule has 0 aromatic carbocycles. The van der Waals surface area contributed by atoms with Crippen LogP contribution in [0.3, 0.4) is 0 Å². The van der Waals surface area contributed by atoms with E-state index in [4.69, 9.17) is 0 Å². The molecule has 0 saturated carbocycles. The summed E-state index contributed by atoms with van der Waals surface area (Å²) < 4.78 is 360. The van der Waals surface area contributed by atoms with E-state index in [0.717, 1.165) is 0 Å². The minimum atomic E-state index is -10.5. The van der Waals surface area contributed by atoms with Gasteiger partial charge in [0, 0.05) is 0 Å². The highest BCUT2D eigenvalue weighted by Gasteiger charge is 3.06. The highest BCUT2D eigenvalue weighted by molar-refractivity contribution is 5.40. The van der Waals surface area contributed by atoms with Crippen LogP contribution < -0.4 is 0 Å².